The predicted octanol–water partition coefficient (Wildman–Crippen LogP) is 8.11. The number of hydrogen-bond donors (Lipinski definition) is 5. The molecule has 6 rings (SSSR count). The fourth-order valence-corrected chi connectivity index (χ4v) is 6.24. The minimum atomic E-state index is -5.08. The SMILES string of the molecule is COc1ccc2[nH]c(C)c(CC(=O)N[C@@H](CCCCCC(=O)Nc3nccs3)c3ncc(-c4ccc5ccccc5c4)[nH]3)c2c1.O=C(O)C(F)(F)F. The number of aromatic nitrogens is 4. The van der Waals surface area contributed by atoms with Crippen molar-refractivity contribution >= 4 is 55.9 Å². The highest BCUT2D eigenvalue weighted by molar-refractivity contribution is 7.13. The van der Waals surface area contributed by atoms with Crippen molar-refractivity contribution in [3.8, 4) is 17.0 Å². The van der Waals surface area contributed by atoms with Gasteiger partial charge in [0.2, 0.25) is 11.8 Å². The highest BCUT2D eigenvalue weighted by atomic mass is 32.1. The van der Waals surface area contributed by atoms with Crippen LogP contribution in [0.25, 0.3) is 32.9 Å². The minimum Gasteiger partial charge on any atom is -0.497 e. The van der Waals surface area contributed by atoms with Gasteiger partial charge in [0.15, 0.2) is 5.13 Å². The zero-order valence-electron chi connectivity index (χ0n) is 28.3. The highest BCUT2D eigenvalue weighted by Gasteiger charge is 2.38. The molecule has 0 aliphatic carbocycles. The van der Waals surface area contributed by atoms with Crippen molar-refractivity contribution < 1.29 is 37.4 Å². The first-order chi connectivity index (χ1) is 24.9. The molecule has 3 aromatic carbocycles. The number of carbonyl (C=O) groups is 3. The number of fused-ring (bicyclic) bond motifs is 2. The number of nitrogens with one attached hydrogen (secondary N) is 4. The number of aromatic amines is 2. The van der Waals surface area contributed by atoms with Crippen molar-refractivity contribution in [3.05, 3.63) is 95.5 Å². The predicted molar refractivity (Wildman–Crippen MR) is 193 cm³/mol. The number of H-pyrrole nitrogens is 2. The van der Waals surface area contributed by atoms with E-state index >= 15 is 0 Å². The van der Waals surface area contributed by atoms with Crippen LogP contribution in [0.5, 0.6) is 5.75 Å². The van der Waals surface area contributed by atoms with Crippen molar-refractivity contribution in [2.24, 2.45) is 0 Å². The number of thiazole rings is 1. The number of carboxylic acids is 1. The number of benzene rings is 3. The second-order valence-corrected chi connectivity index (χ2v) is 12.9. The van der Waals surface area contributed by atoms with E-state index in [4.69, 9.17) is 19.6 Å². The first-order valence-corrected chi connectivity index (χ1v) is 17.3. The molecule has 11 nitrogen and oxygen atoms in total. The standard InChI is InChI=1S/C35H36N6O3S.C2HF3O2/c1-22-27(28-19-26(44-2)14-15-29(28)38-22)20-33(43)39-30(10-4-3-5-11-32(42)41-35-36-16-17-45-35)34-37-21-31(40-34)25-13-12-23-8-6-7-9-24(23)18-25;3-2(4,5)1(6)7/h6-9,12-19,21,30,38H,3-5,10-11,20H2,1-2H3,(H,37,40)(H,39,43)(H,36,41,42);(H,6,7)/t30-;/m0./s1. The van der Waals surface area contributed by atoms with E-state index < -0.39 is 12.1 Å². The number of alkyl halides is 3. The van der Waals surface area contributed by atoms with Crippen LogP contribution in [0.3, 0.4) is 0 Å². The van der Waals surface area contributed by atoms with Crippen molar-refractivity contribution in [3.63, 3.8) is 0 Å². The van der Waals surface area contributed by atoms with Crippen LogP contribution in [0.4, 0.5) is 18.3 Å². The second-order valence-electron chi connectivity index (χ2n) is 12.0. The summed E-state index contributed by atoms with van der Waals surface area (Å²) in [5.74, 6) is -1.42. The van der Waals surface area contributed by atoms with Crippen LogP contribution in [0.15, 0.2) is 78.4 Å². The Hall–Kier alpha value is -5.70. The quantitative estimate of drug-likeness (QED) is 0.0749. The van der Waals surface area contributed by atoms with Gasteiger partial charge in [0.05, 0.1) is 31.5 Å². The number of carbonyl (C=O) groups excluding carboxylic acids is 2. The Morgan fingerprint density at radius 2 is 1.73 bits per heavy atom. The monoisotopic (exact) mass is 734 g/mol. The molecular weight excluding hydrogens is 698 g/mol. The molecule has 6 aromatic rings. The number of ether oxygens (including phenoxy) is 1. The summed E-state index contributed by atoms with van der Waals surface area (Å²) < 4.78 is 37.2. The first-order valence-electron chi connectivity index (χ1n) is 16.4. The topological polar surface area (TPSA) is 162 Å². The van der Waals surface area contributed by atoms with Crippen LogP contribution in [0.2, 0.25) is 0 Å². The molecule has 0 aliphatic rings. The third-order valence-electron chi connectivity index (χ3n) is 8.30. The Labute approximate surface area is 300 Å². The average molecular weight is 735 g/mol. The van der Waals surface area contributed by atoms with Gasteiger partial charge in [-0.1, -0.05) is 49.2 Å². The van der Waals surface area contributed by atoms with Gasteiger partial charge < -0.3 is 30.4 Å². The van der Waals surface area contributed by atoms with Gasteiger partial charge in [0, 0.05) is 40.2 Å². The smallest absolute Gasteiger partial charge is 0.490 e. The molecule has 0 aliphatic heterocycles. The molecule has 0 fully saturated rings. The number of carboxylic acid groups (broad SMARTS) is 1. The number of amides is 2. The molecule has 0 radical (unpaired) electrons. The summed E-state index contributed by atoms with van der Waals surface area (Å²) in [6, 6.07) is 20.1. The van der Waals surface area contributed by atoms with E-state index in [1.54, 1.807) is 13.3 Å². The van der Waals surface area contributed by atoms with Gasteiger partial charge in [-0.05, 0) is 60.4 Å². The van der Waals surface area contributed by atoms with Crippen LogP contribution in [-0.4, -0.2) is 56.1 Å². The van der Waals surface area contributed by atoms with E-state index in [9.17, 15) is 22.8 Å². The van der Waals surface area contributed by atoms with E-state index in [1.807, 2.05) is 48.8 Å². The average Bonchev–Trinajstić information content (AvgIpc) is 3.88. The lowest BCUT2D eigenvalue weighted by molar-refractivity contribution is -0.192. The lowest BCUT2D eigenvalue weighted by atomic mass is 10.0. The minimum absolute atomic E-state index is 0.0356. The summed E-state index contributed by atoms with van der Waals surface area (Å²) in [6.07, 6.45) is 2.17. The summed E-state index contributed by atoms with van der Waals surface area (Å²) in [5, 5.41) is 19.0. The first kappa shape index (κ1) is 37.6. The largest absolute Gasteiger partial charge is 0.497 e. The molecule has 0 spiro atoms. The second kappa shape index (κ2) is 17.0. The number of aryl methyl sites for hydroxylation is 1. The maximum atomic E-state index is 13.5. The molecule has 1 atom stereocenters. The van der Waals surface area contributed by atoms with Crippen LogP contribution in [0.1, 0.15) is 55.2 Å². The van der Waals surface area contributed by atoms with Crippen molar-refractivity contribution in [2.75, 3.05) is 12.4 Å². The number of methoxy groups -OCH3 is 1. The number of imidazole rings is 1. The Morgan fingerprint density at radius 3 is 2.44 bits per heavy atom. The Balaban J connectivity index is 0.000000679. The summed E-state index contributed by atoms with van der Waals surface area (Å²) in [4.78, 5) is 50.4. The van der Waals surface area contributed by atoms with Crippen LogP contribution >= 0.6 is 11.3 Å². The van der Waals surface area contributed by atoms with Crippen LogP contribution < -0.4 is 15.4 Å². The highest BCUT2D eigenvalue weighted by Crippen LogP contribution is 2.29. The van der Waals surface area contributed by atoms with E-state index in [1.165, 1.54) is 16.7 Å². The van der Waals surface area contributed by atoms with Crippen molar-refractivity contribution in [2.45, 2.75) is 57.7 Å². The third-order valence-corrected chi connectivity index (χ3v) is 8.99. The van der Waals surface area contributed by atoms with Crippen LogP contribution in [-0.2, 0) is 20.8 Å². The number of rotatable bonds is 13. The van der Waals surface area contributed by atoms with Crippen molar-refractivity contribution in [1.29, 1.82) is 0 Å². The number of halogens is 3. The van der Waals surface area contributed by atoms with E-state index in [2.05, 4.69) is 55.9 Å². The number of nitrogens with zero attached hydrogens (tertiary/aromatic N) is 2. The van der Waals surface area contributed by atoms with Gasteiger partial charge in [-0.3, -0.25) is 9.59 Å². The van der Waals surface area contributed by atoms with E-state index in [0.717, 1.165) is 63.8 Å². The Kier molecular flexibility index (Phi) is 12.3. The molecule has 3 aromatic heterocycles. The zero-order chi connectivity index (χ0) is 37.3. The summed E-state index contributed by atoms with van der Waals surface area (Å²) >= 11 is 1.41. The molecule has 0 bridgehead atoms. The lowest BCUT2D eigenvalue weighted by Crippen LogP contribution is -2.30. The molecule has 0 saturated heterocycles. The fourth-order valence-electron chi connectivity index (χ4n) is 5.69. The van der Waals surface area contributed by atoms with Gasteiger partial charge in [0.25, 0.3) is 0 Å². The molecule has 0 unspecified atom stereocenters. The maximum Gasteiger partial charge on any atom is 0.490 e. The zero-order valence-corrected chi connectivity index (χ0v) is 29.2. The maximum absolute atomic E-state index is 13.5. The third kappa shape index (κ3) is 9.96. The van der Waals surface area contributed by atoms with E-state index in [-0.39, 0.29) is 24.3 Å². The number of anilines is 1. The molecular formula is C37H37F3N6O5S. The number of unbranched alkanes of at least 4 members (excludes halogenated alkanes) is 2. The van der Waals surface area contributed by atoms with Gasteiger partial charge in [-0.25, -0.2) is 14.8 Å². The normalized spacial score (nSPS) is 11.9. The fraction of sp³-hybridized carbons (Fsp3) is 0.270. The molecule has 15 heteroatoms. The van der Waals surface area contributed by atoms with Crippen molar-refractivity contribution in [1.82, 2.24) is 25.3 Å². The molecule has 2 amide bonds. The van der Waals surface area contributed by atoms with Gasteiger partial charge in [-0.2, -0.15) is 13.2 Å². The molecule has 52 heavy (non-hydrogen) atoms. The van der Waals surface area contributed by atoms with Gasteiger partial charge in [-0.15, -0.1) is 11.3 Å². The Bertz CT molecular complexity index is 2140. The molecule has 3 heterocycles. The summed E-state index contributed by atoms with van der Waals surface area (Å²) in [5.41, 5.74) is 4.80. The number of aliphatic carboxylic acids is 1. The molecule has 272 valence electrons. The Morgan fingerprint density at radius 1 is 0.962 bits per heavy atom. The van der Waals surface area contributed by atoms with Crippen LogP contribution in [0, 0.1) is 6.92 Å². The van der Waals surface area contributed by atoms with Gasteiger partial charge in [0.1, 0.15) is 11.6 Å². The van der Waals surface area contributed by atoms with E-state index in [0.29, 0.717) is 23.8 Å². The molecule has 5 N–H and O–H groups in total. The lowest BCUT2D eigenvalue weighted by Gasteiger charge is -2.17. The molecule has 0 saturated carbocycles. The number of hydrogen-bond acceptors (Lipinski definition) is 7. The summed E-state index contributed by atoms with van der Waals surface area (Å²) in [6.45, 7) is 1.99. The van der Waals surface area contributed by atoms with Gasteiger partial charge >= 0.3 is 12.1 Å². The summed E-state index contributed by atoms with van der Waals surface area (Å²) in [7, 11) is 1.64.